The van der Waals surface area contributed by atoms with Crippen LogP contribution in [0.3, 0.4) is 0 Å². The lowest BCUT2D eigenvalue weighted by Crippen LogP contribution is -2.38. The van der Waals surface area contributed by atoms with Gasteiger partial charge in [-0.3, -0.25) is 4.79 Å². The monoisotopic (exact) mass is 388 g/mol. The summed E-state index contributed by atoms with van der Waals surface area (Å²) in [5.41, 5.74) is 2.96. The van der Waals surface area contributed by atoms with E-state index in [1.54, 1.807) is 24.7 Å². The first kappa shape index (κ1) is 18.9. The highest BCUT2D eigenvalue weighted by molar-refractivity contribution is 5.91. The van der Waals surface area contributed by atoms with Gasteiger partial charge in [0.1, 0.15) is 11.6 Å². The molecule has 1 amide bonds. The fourth-order valence-corrected chi connectivity index (χ4v) is 3.59. The topological polar surface area (TPSA) is 86.8 Å². The van der Waals surface area contributed by atoms with Crippen molar-refractivity contribution in [3.05, 3.63) is 72.1 Å². The van der Waals surface area contributed by atoms with Crippen LogP contribution in [0.1, 0.15) is 35.7 Å². The van der Waals surface area contributed by atoms with Gasteiger partial charge in [0.25, 0.3) is 0 Å². The van der Waals surface area contributed by atoms with Gasteiger partial charge in [-0.15, -0.1) is 0 Å². The Morgan fingerprint density at radius 2 is 2.24 bits per heavy atom. The number of amides is 1. The molecule has 29 heavy (non-hydrogen) atoms. The molecule has 1 fully saturated rings. The molecule has 4 rings (SSSR count). The van der Waals surface area contributed by atoms with Gasteiger partial charge >= 0.3 is 0 Å². The Bertz CT molecular complexity index is 998. The summed E-state index contributed by atoms with van der Waals surface area (Å²) < 4.78 is 0. The van der Waals surface area contributed by atoms with Crippen LogP contribution in [0.4, 0.5) is 11.6 Å². The van der Waals surface area contributed by atoms with Gasteiger partial charge < -0.3 is 15.2 Å². The van der Waals surface area contributed by atoms with E-state index in [1.807, 2.05) is 42.3 Å². The normalized spacial score (nSPS) is 16.9. The van der Waals surface area contributed by atoms with Crippen molar-refractivity contribution in [3.63, 3.8) is 0 Å². The van der Waals surface area contributed by atoms with E-state index >= 15 is 0 Å². The van der Waals surface area contributed by atoms with Gasteiger partial charge in [-0.25, -0.2) is 15.0 Å². The molecule has 7 nitrogen and oxygen atoms in total. The predicted octanol–water partition coefficient (Wildman–Crippen LogP) is 3.67. The number of aromatic nitrogens is 4. The molecular formula is C22H24N6O. The van der Waals surface area contributed by atoms with Crippen molar-refractivity contribution >= 4 is 23.6 Å². The van der Waals surface area contributed by atoms with Crippen molar-refractivity contribution in [2.24, 2.45) is 0 Å². The number of likely N-dealkylation sites (tertiary alicyclic amines) is 1. The number of aromatic amines is 1. The first-order valence-electron chi connectivity index (χ1n) is 9.79. The van der Waals surface area contributed by atoms with Crippen LogP contribution in [-0.4, -0.2) is 43.8 Å². The Labute approximate surface area is 169 Å². The second-order valence-corrected chi connectivity index (χ2v) is 7.23. The van der Waals surface area contributed by atoms with Gasteiger partial charge in [0.2, 0.25) is 5.91 Å². The molecular weight excluding hydrogens is 364 g/mol. The number of piperidine rings is 1. The van der Waals surface area contributed by atoms with Crippen LogP contribution < -0.4 is 5.32 Å². The zero-order valence-electron chi connectivity index (χ0n) is 16.4. The van der Waals surface area contributed by atoms with Crippen LogP contribution in [0.2, 0.25) is 0 Å². The average molecular weight is 388 g/mol. The highest BCUT2D eigenvalue weighted by atomic mass is 16.2. The molecule has 0 spiro atoms. The summed E-state index contributed by atoms with van der Waals surface area (Å²) in [5, 5.41) is 3.27. The Hall–Kier alpha value is -3.48. The summed E-state index contributed by atoms with van der Waals surface area (Å²) in [6.45, 7) is 3.45. The van der Waals surface area contributed by atoms with E-state index in [9.17, 15) is 4.79 Å². The smallest absolute Gasteiger partial charge is 0.246 e. The molecule has 1 aliphatic rings. The highest BCUT2D eigenvalue weighted by Gasteiger charge is 2.24. The SMILES string of the molecule is Cc1cccc(Nc2cc([C@@H]3CCCN(C(=O)/C=C/c4cnc[nH]4)C3)ccn2)n1. The van der Waals surface area contributed by atoms with Gasteiger partial charge in [0, 0.05) is 37.0 Å². The number of pyridine rings is 2. The van der Waals surface area contributed by atoms with Crippen LogP contribution in [0.5, 0.6) is 0 Å². The van der Waals surface area contributed by atoms with Crippen molar-refractivity contribution in [1.82, 2.24) is 24.8 Å². The van der Waals surface area contributed by atoms with E-state index in [-0.39, 0.29) is 5.91 Å². The largest absolute Gasteiger partial charge is 0.345 e. The molecule has 0 bridgehead atoms. The lowest BCUT2D eigenvalue weighted by molar-refractivity contribution is -0.127. The maximum absolute atomic E-state index is 12.6. The summed E-state index contributed by atoms with van der Waals surface area (Å²) in [6.07, 6.45) is 10.5. The summed E-state index contributed by atoms with van der Waals surface area (Å²) in [6, 6.07) is 9.95. The van der Waals surface area contributed by atoms with E-state index in [4.69, 9.17) is 0 Å². The van der Waals surface area contributed by atoms with E-state index in [0.29, 0.717) is 12.5 Å². The first-order valence-corrected chi connectivity index (χ1v) is 9.79. The number of nitrogens with one attached hydrogen (secondary N) is 2. The molecule has 3 aromatic rings. The molecule has 1 saturated heterocycles. The number of hydrogen-bond acceptors (Lipinski definition) is 5. The van der Waals surface area contributed by atoms with E-state index in [0.717, 1.165) is 42.4 Å². The van der Waals surface area contributed by atoms with Gasteiger partial charge in [-0.2, -0.15) is 0 Å². The predicted molar refractivity (Wildman–Crippen MR) is 113 cm³/mol. The number of rotatable bonds is 5. The third-order valence-corrected chi connectivity index (χ3v) is 5.06. The molecule has 2 N–H and O–H groups in total. The van der Waals surface area contributed by atoms with Gasteiger partial charge in [-0.1, -0.05) is 6.07 Å². The van der Waals surface area contributed by atoms with Crippen molar-refractivity contribution in [2.75, 3.05) is 18.4 Å². The summed E-state index contributed by atoms with van der Waals surface area (Å²) in [7, 11) is 0. The molecule has 148 valence electrons. The third-order valence-electron chi connectivity index (χ3n) is 5.06. The molecule has 0 saturated carbocycles. The molecule has 0 aliphatic carbocycles. The van der Waals surface area contributed by atoms with Gasteiger partial charge in [0.05, 0.1) is 18.2 Å². The van der Waals surface area contributed by atoms with Crippen LogP contribution in [0.15, 0.2) is 55.1 Å². The molecule has 4 heterocycles. The third kappa shape index (κ3) is 4.87. The molecule has 1 aliphatic heterocycles. The lowest BCUT2D eigenvalue weighted by Gasteiger charge is -2.32. The molecule has 0 unspecified atom stereocenters. The second kappa shape index (κ2) is 8.68. The Balaban J connectivity index is 1.43. The fraction of sp³-hybridized carbons (Fsp3) is 0.273. The standard InChI is InChI=1S/C22H24N6O/c1-16-4-2-6-20(26-16)27-21-12-17(9-10-24-21)18-5-3-11-28(14-18)22(29)8-7-19-13-23-15-25-19/h2,4,6-10,12-13,15,18H,3,5,11,14H2,1H3,(H,23,25)(H,24,26,27)/b8-7+/t18-/m1/s1. The first-order chi connectivity index (χ1) is 14.2. The van der Waals surface area contributed by atoms with Crippen molar-refractivity contribution in [3.8, 4) is 0 Å². The maximum Gasteiger partial charge on any atom is 0.246 e. The summed E-state index contributed by atoms with van der Waals surface area (Å²) >= 11 is 0. The van der Waals surface area contributed by atoms with Crippen LogP contribution >= 0.6 is 0 Å². The van der Waals surface area contributed by atoms with Gasteiger partial charge in [-0.05, 0) is 55.7 Å². The molecule has 3 aromatic heterocycles. The average Bonchev–Trinajstić information content (AvgIpc) is 3.26. The Morgan fingerprint density at radius 3 is 3.07 bits per heavy atom. The number of nitrogens with zero attached hydrogens (tertiary/aromatic N) is 4. The molecule has 1 atom stereocenters. The quantitative estimate of drug-likeness (QED) is 0.651. The number of aryl methyl sites for hydroxylation is 1. The van der Waals surface area contributed by atoms with Gasteiger partial charge in [0.15, 0.2) is 0 Å². The Kier molecular flexibility index (Phi) is 5.65. The number of anilines is 2. The number of carbonyl (C=O) groups is 1. The van der Waals surface area contributed by atoms with E-state index in [2.05, 4.69) is 31.3 Å². The fourth-order valence-electron chi connectivity index (χ4n) is 3.59. The minimum atomic E-state index is 0.0284. The second-order valence-electron chi connectivity index (χ2n) is 7.23. The van der Waals surface area contributed by atoms with Crippen LogP contribution in [-0.2, 0) is 4.79 Å². The summed E-state index contributed by atoms with van der Waals surface area (Å²) in [5.74, 6) is 1.87. The Morgan fingerprint density at radius 1 is 1.31 bits per heavy atom. The lowest BCUT2D eigenvalue weighted by atomic mass is 9.91. The minimum absolute atomic E-state index is 0.0284. The molecule has 7 heteroatoms. The van der Waals surface area contributed by atoms with Crippen molar-refractivity contribution < 1.29 is 4.79 Å². The molecule has 0 aromatic carbocycles. The molecule has 0 radical (unpaired) electrons. The number of imidazole rings is 1. The zero-order chi connectivity index (χ0) is 20.1. The van der Waals surface area contributed by atoms with Crippen LogP contribution in [0, 0.1) is 6.92 Å². The summed E-state index contributed by atoms with van der Waals surface area (Å²) in [4.78, 5) is 30.3. The van der Waals surface area contributed by atoms with Crippen LogP contribution in [0.25, 0.3) is 6.08 Å². The maximum atomic E-state index is 12.6. The number of carbonyl (C=O) groups excluding carboxylic acids is 1. The number of hydrogen-bond donors (Lipinski definition) is 2. The number of H-pyrrole nitrogens is 1. The highest BCUT2D eigenvalue weighted by Crippen LogP contribution is 2.28. The zero-order valence-corrected chi connectivity index (χ0v) is 16.4. The van der Waals surface area contributed by atoms with E-state index in [1.165, 1.54) is 5.56 Å². The minimum Gasteiger partial charge on any atom is -0.345 e. The van der Waals surface area contributed by atoms with Crippen molar-refractivity contribution in [2.45, 2.75) is 25.7 Å². The van der Waals surface area contributed by atoms with E-state index < -0.39 is 0 Å². The van der Waals surface area contributed by atoms with Crippen molar-refractivity contribution in [1.29, 1.82) is 0 Å².